The highest BCUT2D eigenvalue weighted by Crippen LogP contribution is 2.06. The van der Waals surface area contributed by atoms with Gasteiger partial charge < -0.3 is 9.32 Å². The lowest BCUT2D eigenvalue weighted by Gasteiger charge is -2.31. The molecule has 16 heavy (non-hydrogen) atoms. The molecule has 2 atom stereocenters. The van der Waals surface area contributed by atoms with Gasteiger partial charge in [-0.25, -0.2) is 0 Å². The molecule has 2 rings (SSSR count). The largest absolute Gasteiger partial charge is 0.461 e. The minimum atomic E-state index is 0.139. The SMILES string of the molecule is CC[C@H]1CCCC[NH+]1CC(=O)c1ccco1. The molecule has 1 fully saturated rings. The molecule has 1 aromatic heterocycles. The van der Waals surface area contributed by atoms with Crippen molar-refractivity contribution in [2.45, 2.75) is 38.6 Å². The first-order valence-electron chi connectivity index (χ1n) is 6.22. The Balaban J connectivity index is 1.95. The quantitative estimate of drug-likeness (QED) is 0.779. The van der Waals surface area contributed by atoms with E-state index < -0.39 is 0 Å². The van der Waals surface area contributed by atoms with E-state index in [9.17, 15) is 4.79 Å². The second-order valence-corrected chi connectivity index (χ2v) is 4.59. The second kappa shape index (κ2) is 5.30. The summed E-state index contributed by atoms with van der Waals surface area (Å²) in [6, 6.07) is 4.19. The van der Waals surface area contributed by atoms with Gasteiger partial charge in [0.25, 0.3) is 5.78 Å². The number of Topliss-reactive ketones (excluding diaryl/α,β-unsaturated/α-hetero) is 1. The second-order valence-electron chi connectivity index (χ2n) is 4.59. The topological polar surface area (TPSA) is 34.7 Å². The first-order chi connectivity index (χ1) is 7.81. The van der Waals surface area contributed by atoms with Crippen LogP contribution < -0.4 is 4.90 Å². The molecule has 0 saturated carbocycles. The minimum Gasteiger partial charge on any atom is -0.461 e. The fourth-order valence-electron chi connectivity index (χ4n) is 2.61. The van der Waals surface area contributed by atoms with Crippen LogP contribution in [-0.2, 0) is 0 Å². The van der Waals surface area contributed by atoms with E-state index in [-0.39, 0.29) is 5.78 Å². The number of furan rings is 1. The monoisotopic (exact) mass is 222 g/mol. The van der Waals surface area contributed by atoms with Crippen LogP contribution in [0.25, 0.3) is 0 Å². The van der Waals surface area contributed by atoms with Crippen LogP contribution in [-0.4, -0.2) is 24.9 Å². The fourth-order valence-corrected chi connectivity index (χ4v) is 2.61. The van der Waals surface area contributed by atoms with E-state index in [2.05, 4.69) is 6.92 Å². The summed E-state index contributed by atoms with van der Waals surface area (Å²) in [6.07, 6.45) is 6.56. The van der Waals surface area contributed by atoms with Gasteiger partial charge in [0.2, 0.25) is 0 Å². The molecule has 88 valence electrons. The molecule has 0 aromatic carbocycles. The lowest BCUT2D eigenvalue weighted by molar-refractivity contribution is -0.922. The summed E-state index contributed by atoms with van der Waals surface area (Å²) >= 11 is 0. The Hall–Kier alpha value is -1.09. The van der Waals surface area contributed by atoms with Crippen molar-refractivity contribution in [3.63, 3.8) is 0 Å². The smallest absolute Gasteiger partial charge is 0.251 e. The predicted octanol–water partition coefficient (Wildman–Crippen LogP) is 1.31. The summed E-state index contributed by atoms with van der Waals surface area (Å²) < 4.78 is 5.14. The van der Waals surface area contributed by atoms with Crippen molar-refractivity contribution in [2.75, 3.05) is 13.1 Å². The third kappa shape index (κ3) is 2.53. The summed E-state index contributed by atoms with van der Waals surface area (Å²) in [7, 11) is 0. The molecule has 0 spiro atoms. The lowest BCUT2D eigenvalue weighted by atomic mass is 9.99. The molecule has 1 aliphatic rings. The number of ketones is 1. The van der Waals surface area contributed by atoms with E-state index >= 15 is 0 Å². The number of carbonyl (C=O) groups excluding carboxylic acids is 1. The van der Waals surface area contributed by atoms with Gasteiger partial charge in [0, 0.05) is 0 Å². The van der Waals surface area contributed by atoms with Crippen molar-refractivity contribution in [3.05, 3.63) is 24.2 Å². The number of carbonyl (C=O) groups is 1. The molecule has 3 heteroatoms. The highest BCUT2D eigenvalue weighted by Gasteiger charge is 2.27. The third-order valence-corrected chi connectivity index (χ3v) is 3.55. The maximum Gasteiger partial charge on any atom is 0.251 e. The average molecular weight is 222 g/mol. The molecule has 1 unspecified atom stereocenters. The van der Waals surface area contributed by atoms with E-state index in [0.29, 0.717) is 18.3 Å². The van der Waals surface area contributed by atoms with Crippen molar-refractivity contribution >= 4 is 5.78 Å². The normalized spacial score (nSPS) is 25.6. The molecule has 1 N–H and O–H groups in total. The fraction of sp³-hybridized carbons (Fsp3) is 0.615. The number of hydrogen-bond acceptors (Lipinski definition) is 2. The van der Waals surface area contributed by atoms with E-state index in [1.54, 1.807) is 18.4 Å². The minimum absolute atomic E-state index is 0.139. The van der Waals surface area contributed by atoms with Crippen LogP contribution in [0.1, 0.15) is 43.2 Å². The van der Waals surface area contributed by atoms with Crippen LogP contribution >= 0.6 is 0 Å². The summed E-state index contributed by atoms with van der Waals surface area (Å²) in [5.74, 6) is 0.647. The van der Waals surface area contributed by atoms with Crippen molar-refractivity contribution in [1.29, 1.82) is 0 Å². The van der Waals surface area contributed by atoms with Gasteiger partial charge in [-0.3, -0.25) is 4.79 Å². The zero-order valence-electron chi connectivity index (χ0n) is 9.87. The summed E-state index contributed by atoms with van der Waals surface area (Å²) in [6.45, 7) is 3.93. The van der Waals surface area contributed by atoms with Crippen LogP contribution in [0.15, 0.2) is 22.8 Å². The summed E-state index contributed by atoms with van der Waals surface area (Å²) in [5.41, 5.74) is 0. The first-order valence-corrected chi connectivity index (χ1v) is 6.22. The van der Waals surface area contributed by atoms with Gasteiger partial charge in [-0.2, -0.15) is 0 Å². The highest BCUT2D eigenvalue weighted by atomic mass is 16.3. The van der Waals surface area contributed by atoms with E-state index in [1.165, 1.54) is 30.6 Å². The zero-order valence-corrected chi connectivity index (χ0v) is 9.87. The third-order valence-electron chi connectivity index (χ3n) is 3.55. The highest BCUT2D eigenvalue weighted by molar-refractivity contribution is 5.94. The van der Waals surface area contributed by atoms with E-state index in [1.807, 2.05) is 0 Å². The lowest BCUT2D eigenvalue weighted by Crippen LogP contribution is -3.17. The van der Waals surface area contributed by atoms with Gasteiger partial charge in [0.15, 0.2) is 5.76 Å². The van der Waals surface area contributed by atoms with E-state index in [4.69, 9.17) is 4.42 Å². The Morgan fingerprint density at radius 2 is 2.44 bits per heavy atom. The molecule has 0 amide bonds. The Morgan fingerprint density at radius 3 is 3.12 bits per heavy atom. The van der Waals surface area contributed by atoms with Crippen LogP contribution in [0.2, 0.25) is 0 Å². The van der Waals surface area contributed by atoms with Crippen molar-refractivity contribution in [2.24, 2.45) is 0 Å². The van der Waals surface area contributed by atoms with Gasteiger partial charge in [-0.1, -0.05) is 6.92 Å². The standard InChI is InChI=1S/C13H19NO2/c1-2-11-6-3-4-8-14(11)10-12(15)13-7-5-9-16-13/h5,7,9,11H,2-4,6,8,10H2,1H3/p+1/t11-/m0/s1. The average Bonchev–Trinajstić information content (AvgIpc) is 2.83. The number of rotatable bonds is 4. The molecule has 3 nitrogen and oxygen atoms in total. The van der Waals surface area contributed by atoms with Crippen molar-refractivity contribution < 1.29 is 14.1 Å². The molecular formula is C13H20NO2+. The van der Waals surface area contributed by atoms with E-state index in [0.717, 1.165) is 6.54 Å². The van der Waals surface area contributed by atoms with Crippen molar-refractivity contribution in [1.82, 2.24) is 0 Å². The molecule has 1 aliphatic heterocycles. The Morgan fingerprint density at radius 1 is 1.56 bits per heavy atom. The molecule has 2 heterocycles. The molecule has 0 radical (unpaired) electrons. The molecular weight excluding hydrogens is 202 g/mol. The van der Waals surface area contributed by atoms with Gasteiger partial charge in [-0.05, 0) is 37.8 Å². The van der Waals surface area contributed by atoms with Gasteiger partial charge in [0.05, 0.1) is 18.8 Å². The molecule has 0 bridgehead atoms. The predicted molar refractivity (Wildman–Crippen MR) is 61.7 cm³/mol. The molecule has 1 aromatic rings. The molecule has 1 saturated heterocycles. The summed E-state index contributed by atoms with van der Waals surface area (Å²) in [5, 5.41) is 0. The van der Waals surface area contributed by atoms with Crippen molar-refractivity contribution in [3.8, 4) is 0 Å². The van der Waals surface area contributed by atoms with Crippen LogP contribution in [0.5, 0.6) is 0 Å². The molecule has 0 aliphatic carbocycles. The van der Waals surface area contributed by atoms with Gasteiger partial charge >= 0.3 is 0 Å². The zero-order chi connectivity index (χ0) is 11.4. The maximum absolute atomic E-state index is 11.9. The Bertz CT molecular complexity index is 332. The number of nitrogens with one attached hydrogen (secondary N) is 1. The Kier molecular flexibility index (Phi) is 3.78. The first kappa shape index (κ1) is 11.4. The summed E-state index contributed by atoms with van der Waals surface area (Å²) in [4.78, 5) is 13.4. The number of hydrogen-bond donors (Lipinski definition) is 1. The van der Waals surface area contributed by atoms with Crippen LogP contribution in [0.4, 0.5) is 0 Å². The van der Waals surface area contributed by atoms with Crippen LogP contribution in [0, 0.1) is 0 Å². The number of piperidine rings is 1. The van der Waals surface area contributed by atoms with Crippen LogP contribution in [0.3, 0.4) is 0 Å². The van der Waals surface area contributed by atoms with Gasteiger partial charge in [-0.15, -0.1) is 0 Å². The maximum atomic E-state index is 11.9. The number of likely N-dealkylation sites (tertiary alicyclic amines) is 1. The van der Waals surface area contributed by atoms with Gasteiger partial charge in [0.1, 0.15) is 6.54 Å². The number of quaternary nitrogens is 1. The Labute approximate surface area is 96.4 Å².